The van der Waals surface area contributed by atoms with E-state index in [-0.39, 0.29) is 12.2 Å². The summed E-state index contributed by atoms with van der Waals surface area (Å²) in [6.07, 6.45) is 1.53. The van der Waals surface area contributed by atoms with Crippen molar-refractivity contribution in [3.05, 3.63) is 90.0 Å². The highest BCUT2D eigenvalue weighted by Crippen LogP contribution is 2.36. The van der Waals surface area contributed by atoms with Gasteiger partial charge in [-0.25, -0.2) is 0 Å². The molecule has 0 fully saturated rings. The maximum absolute atomic E-state index is 12.8. The van der Waals surface area contributed by atoms with Gasteiger partial charge >= 0.3 is 0 Å². The summed E-state index contributed by atoms with van der Waals surface area (Å²) in [5.74, 6) is 0.596. The van der Waals surface area contributed by atoms with Gasteiger partial charge in [-0.1, -0.05) is 47.0 Å². The van der Waals surface area contributed by atoms with Crippen LogP contribution in [0.2, 0.25) is 10.0 Å². The van der Waals surface area contributed by atoms with Crippen molar-refractivity contribution >= 4 is 63.5 Å². The number of rotatable bonds is 8. The SMILES string of the molecule is CCOc1cc(/C=C(\C#N)C(=O)Nc2ccc(C)cc2C)cc(I)c1OCc1ccc(Cl)c(Cl)c1. The third-order valence-corrected chi connectivity index (χ3v) is 6.55. The number of nitrogens with one attached hydrogen (secondary N) is 1. The fourth-order valence-corrected chi connectivity index (χ4v) is 4.42. The molecule has 0 bridgehead atoms. The Bertz CT molecular complexity index is 1330. The van der Waals surface area contributed by atoms with Crippen LogP contribution in [0.4, 0.5) is 5.69 Å². The molecule has 0 saturated heterocycles. The zero-order chi connectivity index (χ0) is 25.5. The minimum absolute atomic E-state index is 0.0207. The first-order chi connectivity index (χ1) is 16.7. The van der Waals surface area contributed by atoms with Crippen LogP contribution in [-0.4, -0.2) is 12.5 Å². The van der Waals surface area contributed by atoms with Gasteiger partial charge < -0.3 is 14.8 Å². The number of nitrogens with zero attached hydrogens (tertiary/aromatic N) is 1. The lowest BCUT2D eigenvalue weighted by atomic mass is 10.1. The molecule has 3 rings (SSSR count). The van der Waals surface area contributed by atoms with Crippen molar-refractivity contribution in [3.63, 3.8) is 0 Å². The molecule has 0 aliphatic rings. The van der Waals surface area contributed by atoms with Gasteiger partial charge in [0.1, 0.15) is 18.2 Å². The van der Waals surface area contributed by atoms with Crippen LogP contribution < -0.4 is 14.8 Å². The average Bonchev–Trinajstić information content (AvgIpc) is 2.81. The number of benzene rings is 3. The van der Waals surface area contributed by atoms with Gasteiger partial charge in [-0.2, -0.15) is 5.26 Å². The normalized spacial score (nSPS) is 11.1. The number of hydrogen-bond donors (Lipinski definition) is 1. The maximum atomic E-state index is 12.8. The molecular weight excluding hydrogens is 598 g/mol. The fraction of sp³-hybridized carbons (Fsp3) is 0.185. The summed E-state index contributed by atoms with van der Waals surface area (Å²) in [6, 6.07) is 16.6. The van der Waals surface area contributed by atoms with E-state index in [1.807, 2.05) is 57.2 Å². The Morgan fingerprint density at radius 3 is 2.51 bits per heavy atom. The average molecular weight is 621 g/mol. The highest BCUT2D eigenvalue weighted by atomic mass is 127. The molecule has 1 amide bonds. The van der Waals surface area contributed by atoms with E-state index in [1.165, 1.54) is 6.08 Å². The van der Waals surface area contributed by atoms with Crippen LogP contribution >= 0.6 is 45.8 Å². The monoisotopic (exact) mass is 620 g/mol. The predicted octanol–water partition coefficient (Wildman–Crippen LogP) is 7.74. The van der Waals surface area contributed by atoms with Gasteiger partial charge in [0.25, 0.3) is 5.91 Å². The number of amides is 1. The third-order valence-electron chi connectivity index (χ3n) is 5.01. The third kappa shape index (κ3) is 7.14. The van der Waals surface area contributed by atoms with Gasteiger partial charge in [0.2, 0.25) is 0 Å². The smallest absolute Gasteiger partial charge is 0.266 e. The van der Waals surface area contributed by atoms with Crippen LogP contribution in [0.15, 0.2) is 54.1 Å². The molecule has 0 atom stereocenters. The van der Waals surface area contributed by atoms with Gasteiger partial charge in [0.05, 0.1) is 20.2 Å². The second kappa shape index (κ2) is 12.3. The van der Waals surface area contributed by atoms with Crippen LogP contribution in [0.5, 0.6) is 11.5 Å². The van der Waals surface area contributed by atoms with E-state index in [2.05, 4.69) is 27.9 Å². The summed E-state index contributed by atoms with van der Waals surface area (Å²) in [6.45, 7) is 6.45. The van der Waals surface area contributed by atoms with Crippen LogP contribution in [0, 0.1) is 28.7 Å². The largest absolute Gasteiger partial charge is 0.490 e. The highest BCUT2D eigenvalue weighted by molar-refractivity contribution is 14.1. The summed E-state index contributed by atoms with van der Waals surface area (Å²) in [5, 5.41) is 13.4. The molecule has 0 radical (unpaired) electrons. The Hall–Kier alpha value is -2.73. The summed E-state index contributed by atoms with van der Waals surface area (Å²) in [7, 11) is 0. The van der Waals surface area contributed by atoms with Gasteiger partial charge in [0.15, 0.2) is 11.5 Å². The second-order valence-electron chi connectivity index (χ2n) is 7.74. The van der Waals surface area contributed by atoms with E-state index in [0.717, 1.165) is 20.3 Å². The van der Waals surface area contributed by atoms with E-state index >= 15 is 0 Å². The van der Waals surface area contributed by atoms with Crippen molar-refractivity contribution in [3.8, 4) is 17.6 Å². The Labute approximate surface area is 228 Å². The van der Waals surface area contributed by atoms with Gasteiger partial charge in [0, 0.05) is 5.69 Å². The minimum atomic E-state index is -0.479. The van der Waals surface area contributed by atoms with Crippen molar-refractivity contribution in [2.75, 3.05) is 11.9 Å². The molecule has 35 heavy (non-hydrogen) atoms. The van der Waals surface area contributed by atoms with E-state index in [4.69, 9.17) is 32.7 Å². The molecule has 1 N–H and O–H groups in total. The zero-order valence-corrected chi connectivity index (χ0v) is 23.1. The highest BCUT2D eigenvalue weighted by Gasteiger charge is 2.15. The first-order valence-corrected chi connectivity index (χ1v) is 12.6. The first kappa shape index (κ1) is 26.9. The van der Waals surface area contributed by atoms with E-state index in [1.54, 1.807) is 18.2 Å². The number of nitriles is 1. The van der Waals surface area contributed by atoms with Crippen molar-refractivity contribution in [2.24, 2.45) is 0 Å². The number of ether oxygens (including phenoxy) is 2. The van der Waals surface area contributed by atoms with Crippen molar-refractivity contribution in [1.29, 1.82) is 5.26 Å². The molecule has 180 valence electrons. The number of hydrogen-bond acceptors (Lipinski definition) is 4. The minimum Gasteiger partial charge on any atom is -0.490 e. The zero-order valence-electron chi connectivity index (χ0n) is 19.4. The number of carbonyl (C=O) groups is 1. The molecule has 0 saturated carbocycles. The Morgan fingerprint density at radius 2 is 1.86 bits per heavy atom. The number of anilines is 1. The molecule has 0 aromatic heterocycles. The maximum Gasteiger partial charge on any atom is 0.266 e. The lowest BCUT2D eigenvalue weighted by molar-refractivity contribution is -0.112. The summed E-state index contributed by atoms with van der Waals surface area (Å²) < 4.78 is 12.6. The Kier molecular flexibility index (Phi) is 9.44. The number of halogens is 3. The molecule has 0 heterocycles. The van der Waals surface area contributed by atoms with E-state index in [0.29, 0.717) is 39.4 Å². The van der Waals surface area contributed by atoms with Crippen LogP contribution in [0.25, 0.3) is 6.08 Å². The van der Waals surface area contributed by atoms with Crippen molar-refractivity contribution < 1.29 is 14.3 Å². The standard InChI is InChI=1S/C27H23Cl2IN2O3/c1-4-34-25-13-19(10-20(14-31)27(33)32-24-8-5-16(2)9-17(24)3)12-23(30)26(25)35-15-18-6-7-21(28)22(29)11-18/h5-13H,4,15H2,1-3H3,(H,32,33)/b20-10+. The molecular formula is C27H23Cl2IN2O3. The van der Waals surface area contributed by atoms with E-state index < -0.39 is 5.91 Å². The molecule has 0 spiro atoms. The van der Waals surface area contributed by atoms with Crippen LogP contribution in [0.1, 0.15) is 29.2 Å². The molecule has 8 heteroatoms. The molecule has 3 aromatic rings. The first-order valence-electron chi connectivity index (χ1n) is 10.7. The molecule has 0 aliphatic heterocycles. The van der Waals surface area contributed by atoms with Gasteiger partial charge in [-0.3, -0.25) is 4.79 Å². The lowest BCUT2D eigenvalue weighted by Crippen LogP contribution is -2.14. The quantitative estimate of drug-likeness (QED) is 0.159. The van der Waals surface area contributed by atoms with Crippen LogP contribution in [0.3, 0.4) is 0 Å². The topological polar surface area (TPSA) is 71.3 Å². The van der Waals surface area contributed by atoms with Crippen LogP contribution in [-0.2, 0) is 11.4 Å². The summed E-state index contributed by atoms with van der Waals surface area (Å²) in [4.78, 5) is 12.8. The summed E-state index contributed by atoms with van der Waals surface area (Å²) in [5.41, 5.74) is 4.16. The number of aryl methyl sites for hydroxylation is 2. The molecule has 0 unspecified atom stereocenters. The fourth-order valence-electron chi connectivity index (χ4n) is 3.32. The number of carbonyl (C=O) groups excluding carboxylic acids is 1. The van der Waals surface area contributed by atoms with Crippen molar-refractivity contribution in [2.45, 2.75) is 27.4 Å². The molecule has 0 aliphatic carbocycles. The second-order valence-corrected chi connectivity index (χ2v) is 9.72. The van der Waals surface area contributed by atoms with Crippen molar-refractivity contribution in [1.82, 2.24) is 0 Å². The summed E-state index contributed by atoms with van der Waals surface area (Å²) >= 11 is 14.2. The van der Waals surface area contributed by atoms with E-state index in [9.17, 15) is 10.1 Å². The Morgan fingerprint density at radius 1 is 1.09 bits per heavy atom. The van der Waals surface area contributed by atoms with Gasteiger partial charge in [-0.05, 0) is 96.5 Å². The Balaban J connectivity index is 1.85. The lowest BCUT2D eigenvalue weighted by Gasteiger charge is -2.15. The molecule has 3 aromatic carbocycles. The predicted molar refractivity (Wildman–Crippen MR) is 149 cm³/mol. The molecule has 5 nitrogen and oxygen atoms in total. The van der Waals surface area contributed by atoms with Gasteiger partial charge in [-0.15, -0.1) is 0 Å².